The number of benzene rings is 1. The largest absolute Gasteiger partial charge is 0.438 e. The fourth-order valence-electron chi connectivity index (χ4n) is 4.43. The molecule has 1 aromatic carbocycles. The number of rotatable bonds is 9. The SMILES string of the molecule is CN(C)/C=C\C=C(/C=O)C(=O)Nc1ccc(Oc2ncnc3oc(-c4cnn(C)c4)c(C4C=C(N)C=CC4)c23)cc1. The molecule has 0 saturated heterocycles. The van der Waals surface area contributed by atoms with Gasteiger partial charge in [-0.05, 0) is 55.1 Å². The van der Waals surface area contributed by atoms with Crippen LogP contribution in [0.25, 0.3) is 22.4 Å². The predicted octanol–water partition coefficient (Wildman–Crippen LogP) is 4.44. The first-order valence-corrected chi connectivity index (χ1v) is 12.8. The Hall–Kier alpha value is -5.45. The molecule has 1 aliphatic rings. The molecule has 41 heavy (non-hydrogen) atoms. The van der Waals surface area contributed by atoms with E-state index in [9.17, 15) is 9.59 Å². The predicted molar refractivity (Wildman–Crippen MR) is 155 cm³/mol. The van der Waals surface area contributed by atoms with Crippen molar-refractivity contribution in [1.82, 2.24) is 24.6 Å². The van der Waals surface area contributed by atoms with Crippen molar-refractivity contribution >= 4 is 29.0 Å². The van der Waals surface area contributed by atoms with Gasteiger partial charge in [-0.25, -0.2) is 9.97 Å². The van der Waals surface area contributed by atoms with Crippen LogP contribution >= 0.6 is 0 Å². The summed E-state index contributed by atoms with van der Waals surface area (Å²) in [4.78, 5) is 34.5. The van der Waals surface area contributed by atoms with Crippen LogP contribution in [-0.2, 0) is 16.6 Å². The van der Waals surface area contributed by atoms with Gasteiger partial charge in [0.05, 0.1) is 17.3 Å². The molecule has 5 rings (SSSR count). The van der Waals surface area contributed by atoms with Gasteiger partial charge in [0.1, 0.15) is 23.2 Å². The average molecular weight is 552 g/mol. The number of carbonyl (C=O) groups is 2. The third-order valence-corrected chi connectivity index (χ3v) is 6.30. The van der Waals surface area contributed by atoms with E-state index in [-0.39, 0.29) is 11.5 Å². The number of amides is 1. The number of nitrogens with two attached hydrogens (primary N) is 1. The number of fused-ring (bicyclic) bond motifs is 1. The fraction of sp³-hybridized carbons (Fsp3) is 0.167. The quantitative estimate of drug-likeness (QED) is 0.101. The molecule has 4 aromatic rings. The van der Waals surface area contributed by atoms with Gasteiger partial charge in [-0.2, -0.15) is 5.10 Å². The van der Waals surface area contributed by atoms with Crippen LogP contribution in [0.2, 0.25) is 0 Å². The van der Waals surface area contributed by atoms with E-state index >= 15 is 0 Å². The Bertz CT molecular complexity index is 1710. The number of aromatic nitrogens is 4. The molecular formula is C30H29N7O4. The van der Waals surface area contributed by atoms with Crippen LogP contribution in [0.15, 0.2) is 95.3 Å². The van der Waals surface area contributed by atoms with Crippen molar-refractivity contribution in [2.75, 3.05) is 19.4 Å². The summed E-state index contributed by atoms with van der Waals surface area (Å²) in [7, 11) is 5.52. The zero-order chi connectivity index (χ0) is 28.9. The number of allylic oxidation sites excluding steroid dienone is 5. The Kier molecular flexibility index (Phi) is 7.77. The second-order valence-electron chi connectivity index (χ2n) is 9.64. The highest BCUT2D eigenvalue weighted by atomic mass is 16.5. The molecule has 3 heterocycles. The van der Waals surface area contributed by atoms with Gasteiger partial charge < -0.3 is 25.1 Å². The molecule has 3 N–H and O–H groups in total. The number of ether oxygens (including phenoxy) is 1. The molecule has 1 unspecified atom stereocenters. The summed E-state index contributed by atoms with van der Waals surface area (Å²) in [6.45, 7) is 0. The van der Waals surface area contributed by atoms with Gasteiger partial charge in [0, 0.05) is 50.2 Å². The van der Waals surface area contributed by atoms with Gasteiger partial charge in [-0.15, -0.1) is 0 Å². The number of carbonyl (C=O) groups excluding carboxylic acids is 2. The van der Waals surface area contributed by atoms with E-state index in [1.165, 1.54) is 12.4 Å². The minimum Gasteiger partial charge on any atom is -0.438 e. The molecule has 1 amide bonds. The highest BCUT2D eigenvalue weighted by Gasteiger charge is 2.28. The fourth-order valence-corrected chi connectivity index (χ4v) is 4.43. The summed E-state index contributed by atoms with van der Waals surface area (Å²) in [6, 6.07) is 6.75. The highest BCUT2D eigenvalue weighted by Crippen LogP contribution is 2.44. The van der Waals surface area contributed by atoms with E-state index in [4.69, 9.17) is 14.9 Å². The van der Waals surface area contributed by atoms with Crippen LogP contribution in [0, 0.1) is 0 Å². The van der Waals surface area contributed by atoms with E-state index in [0.29, 0.717) is 52.6 Å². The van der Waals surface area contributed by atoms with Crippen LogP contribution in [0.1, 0.15) is 17.9 Å². The van der Waals surface area contributed by atoms with Crippen LogP contribution < -0.4 is 15.8 Å². The minimum atomic E-state index is -0.519. The number of hydrogen-bond acceptors (Lipinski definition) is 9. The smallest absolute Gasteiger partial charge is 0.258 e. The zero-order valence-electron chi connectivity index (χ0n) is 22.8. The second kappa shape index (κ2) is 11.7. The maximum absolute atomic E-state index is 12.5. The first kappa shape index (κ1) is 27.1. The summed E-state index contributed by atoms with van der Waals surface area (Å²) < 4.78 is 14.2. The lowest BCUT2D eigenvalue weighted by atomic mass is 9.89. The van der Waals surface area contributed by atoms with E-state index in [1.54, 1.807) is 52.3 Å². The van der Waals surface area contributed by atoms with Gasteiger partial charge >= 0.3 is 0 Å². The van der Waals surface area contributed by atoms with E-state index in [1.807, 2.05) is 45.6 Å². The van der Waals surface area contributed by atoms with Gasteiger partial charge in [-0.1, -0.05) is 12.2 Å². The first-order valence-electron chi connectivity index (χ1n) is 12.8. The van der Waals surface area contributed by atoms with Gasteiger partial charge in [0.15, 0.2) is 6.29 Å². The van der Waals surface area contributed by atoms with E-state index in [0.717, 1.165) is 11.1 Å². The van der Waals surface area contributed by atoms with Crippen molar-refractivity contribution in [1.29, 1.82) is 0 Å². The lowest BCUT2D eigenvalue weighted by molar-refractivity contribution is -0.115. The number of nitrogens with one attached hydrogen (secondary N) is 1. The van der Waals surface area contributed by atoms with Crippen LogP contribution in [0.5, 0.6) is 11.6 Å². The summed E-state index contributed by atoms with van der Waals surface area (Å²) in [5, 5.41) is 7.65. The molecule has 1 atom stereocenters. The van der Waals surface area contributed by atoms with E-state index in [2.05, 4.69) is 20.4 Å². The summed E-state index contributed by atoms with van der Waals surface area (Å²) in [5.41, 5.74) is 9.34. The summed E-state index contributed by atoms with van der Waals surface area (Å²) in [5.74, 6) is 0.822. The van der Waals surface area contributed by atoms with Crippen molar-refractivity contribution in [2.24, 2.45) is 12.8 Å². The van der Waals surface area contributed by atoms with Crippen molar-refractivity contribution in [3.8, 4) is 23.0 Å². The summed E-state index contributed by atoms with van der Waals surface area (Å²) >= 11 is 0. The second-order valence-corrected chi connectivity index (χ2v) is 9.64. The van der Waals surface area contributed by atoms with Crippen molar-refractivity contribution in [2.45, 2.75) is 12.3 Å². The van der Waals surface area contributed by atoms with Crippen LogP contribution in [-0.4, -0.2) is 50.9 Å². The Balaban J connectivity index is 1.44. The molecule has 1 aliphatic carbocycles. The molecule has 0 radical (unpaired) electrons. The van der Waals surface area contributed by atoms with Crippen LogP contribution in [0.4, 0.5) is 5.69 Å². The monoisotopic (exact) mass is 551 g/mol. The first-order chi connectivity index (χ1) is 19.8. The molecule has 208 valence electrons. The minimum absolute atomic E-state index is 0.00374. The number of hydrogen-bond donors (Lipinski definition) is 2. The molecule has 3 aromatic heterocycles. The Morgan fingerprint density at radius 1 is 1.24 bits per heavy atom. The molecule has 0 aliphatic heterocycles. The Morgan fingerprint density at radius 3 is 2.73 bits per heavy atom. The lowest BCUT2D eigenvalue weighted by Gasteiger charge is -2.16. The Morgan fingerprint density at radius 2 is 2.05 bits per heavy atom. The van der Waals surface area contributed by atoms with Gasteiger partial charge in [0.2, 0.25) is 11.6 Å². The van der Waals surface area contributed by atoms with Gasteiger partial charge in [-0.3, -0.25) is 14.3 Å². The van der Waals surface area contributed by atoms with Crippen LogP contribution in [0.3, 0.4) is 0 Å². The lowest BCUT2D eigenvalue weighted by Crippen LogP contribution is -2.15. The molecule has 11 nitrogen and oxygen atoms in total. The molecular weight excluding hydrogens is 522 g/mol. The number of nitrogens with zero attached hydrogens (tertiary/aromatic N) is 5. The number of anilines is 1. The molecule has 0 spiro atoms. The number of furan rings is 1. The maximum atomic E-state index is 12.5. The average Bonchev–Trinajstić information content (AvgIpc) is 3.56. The number of aldehydes is 1. The summed E-state index contributed by atoms with van der Waals surface area (Å²) in [6.07, 6.45) is 16.9. The maximum Gasteiger partial charge on any atom is 0.258 e. The van der Waals surface area contributed by atoms with E-state index < -0.39 is 5.91 Å². The third-order valence-electron chi connectivity index (χ3n) is 6.30. The topological polar surface area (TPSA) is 141 Å². The number of aryl methyl sites for hydroxylation is 1. The zero-order valence-corrected chi connectivity index (χ0v) is 22.8. The third kappa shape index (κ3) is 6.09. The van der Waals surface area contributed by atoms with Gasteiger partial charge in [0.25, 0.3) is 5.91 Å². The molecule has 11 heteroatoms. The van der Waals surface area contributed by atoms with Crippen molar-refractivity contribution in [3.05, 3.63) is 96.4 Å². The highest BCUT2D eigenvalue weighted by molar-refractivity contribution is 6.16. The molecule has 0 fully saturated rings. The Labute approximate surface area is 236 Å². The molecule has 0 saturated carbocycles. The standard InChI is InChI=1S/C30H29N7O4/c1-36(2)13-5-7-20(17-38)28(39)35-23-9-11-24(12-10-23)40-29-26-25(19-6-4-8-22(31)14-19)27(21-15-34-37(3)16-21)41-30(26)33-18-32-29/h4-5,7-19H,6,31H2,1-3H3,(H,35,39)/b13-5-,20-7+. The van der Waals surface area contributed by atoms with Crippen molar-refractivity contribution in [3.63, 3.8) is 0 Å². The van der Waals surface area contributed by atoms with Crippen molar-refractivity contribution < 1.29 is 18.7 Å². The normalized spacial score (nSPS) is 15.2. The molecule has 0 bridgehead atoms.